The minimum absolute atomic E-state index is 0.00727. The van der Waals surface area contributed by atoms with Crippen LogP contribution in [0.3, 0.4) is 0 Å². The number of ether oxygens (including phenoxy) is 1. The van der Waals surface area contributed by atoms with Crippen molar-refractivity contribution in [2.24, 2.45) is 34.5 Å². The lowest BCUT2D eigenvalue weighted by Crippen LogP contribution is -2.76. The Labute approximate surface area is 281 Å². The summed E-state index contributed by atoms with van der Waals surface area (Å²) in [5, 5.41) is 23.4. The Hall–Kier alpha value is -3.98. The Morgan fingerprint density at radius 1 is 1.00 bits per heavy atom. The van der Waals surface area contributed by atoms with Crippen LogP contribution in [0.5, 0.6) is 5.75 Å². The quantitative estimate of drug-likeness (QED) is 0.273. The van der Waals surface area contributed by atoms with Gasteiger partial charge in [0, 0.05) is 17.8 Å². The third-order valence-electron chi connectivity index (χ3n) is 11.3. The number of fused-ring (bicyclic) bond motifs is 3. The molecule has 2 fully saturated rings. The maximum Gasteiger partial charge on any atom is 0.305 e. The molecular weight excluding hydrogens is 612 g/mol. The van der Waals surface area contributed by atoms with Crippen molar-refractivity contribution in [1.29, 1.82) is 0 Å². The number of benzene rings is 2. The lowest BCUT2D eigenvalue weighted by molar-refractivity contribution is -0.205. The van der Waals surface area contributed by atoms with E-state index in [1.54, 1.807) is 40.7 Å². The number of phenolic OH excluding ortho intramolecular Hbond substituents is 1. The highest BCUT2D eigenvalue weighted by Crippen LogP contribution is 2.64. The lowest BCUT2D eigenvalue weighted by atomic mass is 9.40. The van der Waals surface area contributed by atoms with Gasteiger partial charge in [-0.25, -0.2) is 0 Å². The fourth-order valence-corrected chi connectivity index (χ4v) is 9.40. The van der Waals surface area contributed by atoms with Gasteiger partial charge in [0.1, 0.15) is 17.5 Å². The molecule has 5 rings (SSSR count). The van der Waals surface area contributed by atoms with Crippen molar-refractivity contribution >= 4 is 34.9 Å². The van der Waals surface area contributed by atoms with E-state index >= 15 is 0 Å². The molecule has 6 atom stereocenters. The number of hydrogen-bond acceptors (Lipinski definition) is 9. The molecule has 0 aliphatic heterocycles. The number of carbonyl (C=O) groups is 6. The molecule has 0 bridgehead atoms. The van der Waals surface area contributed by atoms with Crippen molar-refractivity contribution in [3.8, 4) is 16.9 Å². The highest BCUT2D eigenvalue weighted by atomic mass is 16.5. The highest BCUT2D eigenvalue weighted by molar-refractivity contribution is 6.32. The van der Waals surface area contributed by atoms with Crippen molar-refractivity contribution in [3.63, 3.8) is 0 Å². The Balaban J connectivity index is 1.64. The molecule has 0 saturated heterocycles. The van der Waals surface area contributed by atoms with Gasteiger partial charge in [0.05, 0.1) is 18.1 Å². The molecule has 9 heteroatoms. The predicted octanol–water partition coefficient (Wildman–Crippen LogP) is 5.21. The van der Waals surface area contributed by atoms with E-state index in [-0.39, 0.29) is 36.5 Å². The van der Waals surface area contributed by atoms with Gasteiger partial charge < -0.3 is 14.9 Å². The normalized spacial score (nSPS) is 29.7. The van der Waals surface area contributed by atoms with Crippen molar-refractivity contribution in [2.75, 3.05) is 6.61 Å². The summed E-state index contributed by atoms with van der Waals surface area (Å²) >= 11 is 0. The van der Waals surface area contributed by atoms with E-state index in [2.05, 4.69) is 0 Å². The topological polar surface area (TPSA) is 152 Å². The highest BCUT2D eigenvalue weighted by Gasteiger charge is 2.76. The second-order valence-corrected chi connectivity index (χ2v) is 14.8. The Morgan fingerprint density at radius 3 is 2.29 bits per heavy atom. The number of rotatable bonds is 9. The molecule has 0 heterocycles. The minimum Gasteiger partial charge on any atom is -0.507 e. The van der Waals surface area contributed by atoms with Gasteiger partial charge >= 0.3 is 5.97 Å². The van der Waals surface area contributed by atoms with E-state index in [1.165, 1.54) is 6.07 Å². The zero-order chi connectivity index (χ0) is 35.5. The molecular formula is C39H46O9. The van der Waals surface area contributed by atoms with Gasteiger partial charge in [0.25, 0.3) is 0 Å². The summed E-state index contributed by atoms with van der Waals surface area (Å²) in [6.45, 7) is 12.1. The molecule has 3 unspecified atom stereocenters. The van der Waals surface area contributed by atoms with Crippen molar-refractivity contribution in [3.05, 3.63) is 52.6 Å². The van der Waals surface area contributed by atoms with Crippen LogP contribution in [0.1, 0.15) is 94.8 Å². The number of phenols is 1. The molecule has 9 nitrogen and oxygen atoms in total. The third kappa shape index (κ3) is 5.16. The summed E-state index contributed by atoms with van der Waals surface area (Å²) in [4.78, 5) is 81.3. The maximum absolute atomic E-state index is 14.6. The van der Waals surface area contributed by atoms with Gasteiger partial charge in [-0.05, 0) is 91.2 Å². The van der Waals surface area contributed by atoms with Crippen molar-refractivity contribution in [1.82, 2.24) is 0 Å². The first-order chi connectivity index (χ1) is 22.5. The number of Topliss-reactive ketones (excluding diaryl/α,β-unsaturated/α-hetero) is 5. The van der Waals surface area contributed by atoms with Crippen LogP contribution in [0.4, 0.5) is 0 Å². The Morgan fingerprint density at radius 2 is 1.69 bits per heavy atom. The molecule has 2 saturated carbocycles. The summed E-state index contributed by atoms with van der Waals surface area (Å²) < 4.78 is 5.06. The van der Waals surface area contributed by atoms with E-state index in [4.69, 9.17) is 4.74 Å². The number of hydrogen-bond donors (Lipinski definition) is 2. The summed E-state index contributed by atoms with van der Waals surface area (Å²) in [6, 6.07) is 9.27. The number of carbonyl (C=O) groups excluding carboxylic acids is 6. The van der Waals surface area contributed by atoms with Gasteiger partial charge in [-0.3, -0.25) is 28.8 Å². The van der Waals surface area contributed by atoms with Crippen molar-refractivity contribution < 1.29 is 43.7 Å². The molecule has 256 valence electrons. The van der Waals surface area contributed by atoms with E-state index in [9.17, 15) is 39.0 Å². The van der Waals surface area contributed by atoms with Gasteiger partial charge in [0.2, 0.25) is 0 Å². The second-order valence-electron chi connectivity index (χ2n) is 14.8. The maximum atomic E-state index is 14.6. The summed E-state index contributed by atoms with van der Waals surface area (Å²) in [5.74, 6) is -9.41. The SMILES string of the molecule is CCOC(=O)CCCc1ccc(CC)c(-c2ccc(O)c3c2C[C@]2(C)C[C@]4(C)C(C(C)C)C(=O)C(C(C)=O)C(=O)[C@]4(O)C(=O)C2C3=O)c1. The van der Waals surface area contributed by atoms with Crippen LogP contribution in [0.25, 0.3) is 11.1 Å². The summed E-state index contributed by atoms with van der Waals surface area (Å²) in [7, 11) is 0. The fraction of sp³-hybridized carbons (Fsp3) is 0.538. The molecule has 3 aliphatic rings. The first-order valence-electron chi connectivity index (χ1n) is 17.0. The molecule has 0 radical (unpaired) electrons. The third-order valence-corrected chi connectivity index (χ3v) is 11.3. The zero-order valence-corrected chi connectivity index (χ0v) is 28.9. The molecule has 0 aromatic heterocycles. The first-order valence-corrected chi connectivity index (χ1v) is 17.0. The average Bonchev–Trinajstić information content (AvgIpc) is 2.99. The molecule has 0 amide bonds. The smallest absolute Gasteiger partial charge is 0.305 e. The monoisotopic (exact) mass is 658 g/mol. The van der Waals surface area contributed by atoms with Crippen LogP contribution in [0.2, 0.25) is 0 Å². The van der Waals surface area contributed by atoms with E-state index in [0.717, 1.165) is 29.2 Å². The molecule has 48 heavy (non-hydrogen) atoms. The number of esters is 1. The van der Waals surface area contributed by atoms with Gasteiger partial charge in [-0.15, -0.1) is 0 Å². The van der Waals surface area contributed by atoms with Crippen LogP contribution in [0.15, 0.2) is 30.3 Å². The van der Waals surface area contributed by atoms with Gasteiger partial charge in [-0.1, -0.05) is 58.9 Å². The van der Waals surface area contributed by atoms with Gasteiger partial charge in [-0.2, -0.15) is 0 Å². The molecule has 3 aliphatic carbocycles. The van der Waals surface area contributed by atoms with Gasteiger partial charge in [0.15, 0.2) is 28.7 Å². The number of aryl methyl sites for hydroxylation is 2. The fourth-order valence-electron chi connectivity index (χ4n) is 9.40. The number of ketones is 5. The molecule has 2 aromatic rings. The molecule has 2 N–H and O–H groups in total. The largest absolute Gasteiger partial charge is 0.507 e. The predicted molar refractivity (Wildman–Crippen MR) is 177 cm³/mol. The van der Waals surface area contributed by atoms with E-state index in [0.29, 0.717) is 31.4 Å². The molecule has 2 aromatic carbocycles. The summed E-state index contributed by atoms with van der Waals surface area (Å²) in [5.41, 5.74) is -1.29. The first kappa shape index (κ1) is 35.3. The van der Waals surface area contributed by atoms with E-state index < -0.39 is 69.0 Å². The standard InChI is InChI=1S/C39H46O9/c1-8-23-14-13-22(11-10-12-28(42)48-9-2)17-25(23)24-15-16-27(41)30-26(24)18-37(6)19-38(7)31(20(3)4)33(43)29(21(5)40)35(45)39(38,47)36(46)32(37)34(30)44/h13-17,20,29,31-32,41,47H,8-12,18-19H2,1-7H3/t29?,31?,32?,37-,38-,39+/m1/s1. The van der Waals surface area contributed by atoms with Crippen LogP contribution in [0, 0.1) is 34.5 Å². The van der Waals surface area contributed by atoms with E-state index in [1.807, 2.05) is 25.1 Å². The van der Waals surface area contributed by atoms with Crippen molar-refractivity contribution in [2.45, 2.75) is 92.6 Å². The number of aliphatic hydroxyl groups is 1. The average molecular weight is 659 g/mol. The minimum atomic E-state index is -2.73. The van der Waals surface area contributed by atoms with Crippen LogP contribution >= 0.6 is 0 Å². The molecule has 0 spiro atoms. The lowest BCUT2D eigenvalue weighted by Gasteiger charge is -2.61. The number of aromatic hydroxyl groups is 1. The van der Waals surface area contributed by atoms with Crippen LogP contribution < -0.4 is 0 Å². The second kappa shape index (κ2) is 12.5. The van der Waals surface area contributed by atoms with Crippen LogP contribution in [-0.2, 0) is 48.0 Å². The zero-order valence-electron chi connectivity index (χ0n) is 28.9. The van der Waals surface area contributed by atoms with Crippen LogP contribution in [-0.4, -0.2) is 57.3 Å². The summed E-state index contributed by atoms with van der Waals surface area (Å²) in [6.07, 6.45) is 2.35. The Kier molecular flexibility index (Phi) is 9.18. The Bertz CT molecular complexity index is 1740.